The predicted octanol–water partition coefficient (Wildman–Crippen LogP) is 2.61. The average molecular weight is 303 g/mol. The Morgan fingerprint density at radius 3 is 2.73 bits per heavy atom. The van der Waals surface area contributed by atoms with Gasteiger partial charge in [0.05, 0.1) is 0 Å². The first-order valence-corrected chi connectivity index (χ1v) is 8.78. The summed E-state index contributed by atoms with van der Waals surface area (Å²) in [6.07, 6.45) is 7.88. The number of nitrogens with two attached hydrogens (primary N) is 1. The third kappa shape index (κ3) is 3.35. The Bertz CT molecular complexity index is 510. The van der Waals surface area contributed by atoms with Gasteiger partial charge in [-0.1, -0.05) is 19.8 Å². The topological polar surface area (TPSA) is 67.1 Å². The van der Waals surface area contributed by atoms with Crippen molar-refractivity contribution >= 4 is 11.8 Å². The second kappa shape index (κ2) is 6.82. The molecule has 1 aromatic heterocycles. The summed E-state index contributed by atoms with van der Waals surface area (Å²) >= 11 is 0. The third-order valence-corrected chi connectivity index (χ3v) is 5.30. The average Bonchev–Trinajstić information content (AvgIpc) is 3.15. The van der Waals surface area contributed by atoms with E-state index in [2.05, 4.69) is 27.1 Å². The van der Waals surface area contributed by atoms with Gasteiger partial charge in [-0.05, 0) is 45.1 Å². The number of anilines is 2. The molecular formula is C17H29N5. The fraction of sp³-hybridized carbons (Fsp3) is 0.765. The maximum Gasteiger partial charge on any atom is 0.222 e. The normalized spacial score (nSPS) is 23.3. The molecular weight excluding hydrogens is 274 g/mol. The van der Waals surface area contributed by atoms with E-state index in [1.807, 2.05) is 6.92 Å². The lowest BCUT2D eigenvalue weighted by Crippen LogP contribution is -2.31. The van der Waals surface area contributed by atoms with Gasteiger partial charge in [0.15, 0.2) is 0 Å². The molecule has 1 saturated heterocycles. The highest BCUT2D eigenvalue weighted by molar-refractivity contribution is 5.49. The van der Waals surface area contributed by atoms with E-state index in [9.17, 15) is 0 Å². The van der Waals surface area contributed by atoms with Crippen molar-refractivity contribution in [3.63, 3.8) is 0 Å². The number of likely N-dealkylation sites (tertiary alicyclic amines) is 1. The van der Waals surface area contributed by atoms with Gasteiger partial charge in [0, 0.05) is 30.4 Å². The van der Waals surface area contributed by atoms with Crippen LogP contribution in [-0.2, 0) is 6.42 Å². The molecule has 3 N–H and O–H groups in total. The number of nitrogen functional groups attached to an aromatic ring is 1. The Morgan fingerprint density at radius 2 is 2.00 bits per heavy atom. The number of rotatable bonds is 5. The largest absolute Gasteiger partial charge is 0.369 e. The quantitative estimate of drug-likeness (QED) is 0.875. The molecule has 3 rings (SSSR count). The zero-order valence-corrected chi connectivity index (χ0v) is 13.9. The summed E-state index contributed by atoms with van der Waals surface area (Å²) in [4.78, 5) is 11.4. The van der Waals surface area contributed by atoms with Crippen LogP contribution in [0.25, 0.3) is 0 Å². The van der Waals surface area contributed by atoms with Crippen LogP contribution in [0.4, 0.5) is 11.8 Å². The molecule has 5 nitrogen and oxygen atoms in total. The predicted molar refractivity (Wildman–Crippen MR) is 91.0 cm³/mol. The van der Waals surface area contributed by atoms with Crippen molar-refractivity contribution in [3.05, 3.63) is 11.3 Å². The minimum absolute atomic E-state index is 0.371. The second-order valence-electron chi connectivity index (χ2n) is 6.82. The molecule has 2 fully saturated rings. The van der Waals surface area contributed by atoms with Crippen molar-refractivity contribution in [1.29, 1.82) is 0 Å². The summed E-state index contributed by atoms with van der Waals surface area (Å²) in [6, 6.07) is 0.855. The number of nitrogens with zero attached hydrogens (tertiary/aromatic N) is 3. The maximum absolute atomic E-state index is 5.80. The van der Waals surface area contributed by atoms with Gasteiger partial charge < -0.3 is 16.0 Å². The monoisotopic (exact) mass is 303 g/mol. The van der Waals surface area contributed by atoms with E-state index in [1.54, 1.807) is 0 Å². The first kappa shape index (κ1) is 15.5. The number of aromatic nitrogens is 2. The molecule has 0 aromatic carbocycles. The van der Waals surface area contributed by atoms with E-state index >= 15 is 0 Å². The Morgan fingerprint density at radius 1 is 1.23 bits per heavy atom. The first-order valence-electron chi connectivity index (χ1n) is 8.78. The lowest BCUT2D eigenvalue weighted by atomic mass is 10.1. The highest BCUT2D eigenvalue weighted by Crippen LogP contribution is 2.29. The summed E-state index contributed by atoms with van der Waals surface area (Å²) < 4.78 is 0. The van der Waals surface area contributed by atoms with Crippen LogP contribution in [0.15, 0.2) is 0 Å². The van der Waals surface area contributed by atoms with Gasteiger partial charge in [-0.3, -0.25) is 0 Å². The highest BCUT2D eigenvalue weighted by Gasteiger charge is 2.29. The third-order valence-electron chi connectivity index (χ3n) is 5.30. The Hall–Kier alpha value is -1.36. The van der Waals surface area contributed by atoms with Crippen LogP contribution in [0.2, 0.25) is 0 Å². The van der Waals surface area contributed by atoms with Crippen molar-refractivity contribution < 1.29 is 0 Å². The second-order valence-corrected chi connectivity index (χ2v) is 6.82. The van der Waals surface area contributed by atoms with E-state index in [0.717, 1.165) is 36.4 Å². The van der Waals surface area contributed by atoms with Crippen LogP contribution in [0, 0.1) is 12.8 Å². The van der Waals surface area contributed by atoms with Gasteiger partial charge in [0.25, 0.3) is 0 Å². The molecule has 5 heteroatoms. The van der Waals surface area contributed by atoms with Gasteiger partial charge in [0.1, 0.15) is 5.82 Å². The number of hydrogen-bond donors (Lipinski definition) is 2. The molecule has 0 radical (unpaired) electrons. The molecule has 0 unspecified atom stereocenters. The van der Waals surface area contributed by atoms with E-state index in [0.29, 0.717) is 5.95 Å². The van der Waals surface area contributed by atoms with E-state index in [-0.39, 0.29) is 0 Å². The van der Waals surface area contributed by atoms with Crippen LogP contribution in [0.5, 0.6) is 0 Å². The molecule has 1 atom stereocenters. The SMILES string of the molecule is CCc1c(C)nc(N)nc1NC[C@H]1CCN(C2CCCC2)C1. The summed E-state index contributed by atoms with van der Waals surface area (Å²) in [7, 11) is 0. The minimum Gasteiger partial charge on any atom is -0.369 e. The summed E-state index contributed by atoms with van der Waals surface area (Å²) in [5.41, 5.74) is 7.99. The molecule has 2 aliphatic rings. The maximum atomic E-state index is 5.80. The fourth-order valence-corrected chi connectivity index (χ4v) is 4.06. The molecule has 1 aliphatic heterocycles. The lowest BCUT2D eigenvalue weighted by molar-refractivity contribution is 0.238. The number of aryl methyl sites for hydroxylation is 1. The summed E-state index contributed by atoms with van der Waals surface area (Å²) in [5, 5.41) is 3.54. The first-order chi connectivity index (χ1) is 10.7. The van der Waals surface area contributed by atoms with Crippen LogP contribution < -0.4 is 11.1 Å². The molecule has 22 heavy (non-hydrogen) atoms. The molecule has 1 aliphatic carbocycles. The molecule has 0 spiro atoms. The van der Waals surface area contributed by atoms with Gasteiger partial charge in [-0.25, -0.2) is 4.98 Å². The van der Waals surface area contributed by atoms with Gasteiger partial charge >= 0.3 is 0 Å². The highest BCUT2D eigenvalue weighted by atomic mass is 15.2. The van der Waals surface area contributed by atoms with Crippen molar-refractivity contribution in [3.8, 4) is 0 Å². The Labute approximate surface area is 133 Å². The summed E-state index contributed by atoms with van der Waals surface area (Å²) in [5.74, 6) is 2.03. The molecule has 0 amide bonds. The Kier molecular flexibility index (Phi) is 4.81. The van der Waals surface area contributed by atoms with E-state index < -0.39 is 0 Å². The molecule has 1 aromatic rings. The van der Waals surface area contributed by atoms with Crippen LogP contribution >= 0.6 is 0 Å². The van der Waals surface area contributed by atoms with Crippen LogP contribution in [0.1, 0.15) is 50.3 Å². The minimum atomic E-state index is 0.371. The zero-order valence-electron chi connectivity index (χ0n) is 13.9. The van der Waals surface area contributed by atoms with Crippen molar-refractivity contribution in [2.24, 2.45) is 5.92 Å². The number of hydrogen-bond acceptors (Lipinski definition) is 5. The standard InChI is InChI=1S/C17H29N5/c1-3-15-12(2)20-17(18)21-16(15)19-10-13-8-9-22(11-13)14-6-4-5-7-14/h13-14H,3-11H2,1-2H3,(H3,18,19,20,21)/t13-/m1/s1. The van der Waals surface area contributed by atoms with E-state index in [1.165, 1.54) is 50.8 Å². The van der Waals surface area contributed by atoms with Crippen molar-refractivity contribution in [2.75, 3.05) is 30.7 Å². The van der Waals surface area contributed by atoms with Crippen LogP contribution in [0.3, 0.4) is 0 Å². The molecule has 122 valence electrons. The lowest BCUT2D eigenvalue weighted by Gasteiger charge is -2.23. The smallest absolute Gasteiger partial charge is 0.222 e. The fourth-order valence-electron chi connectivity index (χ4n) is 4.06. The molecule has 2 heterocycles. The molecule has 0 bridgehead atoms. The molecule has 1 saturated carbocycles. The zero-order chi connectivity index (χ0) is 15.5. The van der Waals surface area contributed by atoms with Gasteiger partial charge in [-0.2, -0.15) is 4.98 Å². The Balaban J connectivity index is 1.57. The van der Waals surface area contributed by atoms with Crippen molar-refractivity contribution in [1.82, 2.24) is 14.9 Å². The summed E-state index contributed by atoms with van der Waals surface area (Å²) in [6.45, 7) is 7.65. The van der Waals surface area contributed by atoms with Crippen molar-refractivity contribution in [2.45, 2.75) is 58.4 Å². The van der Waals surface area contributed by atoms with Gasteiger partial charge in [0.2, 0.25) is 5.95 Å². The van der Waals surface area contributed by atoms with Crippen LogP contribution in [-0.4, -0.2) is 40.5 Å². The van der Waals surface area contributed by atoms with Gasteiger partial charge in [-0.15, -0.1) is 0 Å². The number of nitrogens with one attached hydrogen (secondary N) is 1. The van der Waals surface area contributed by atoms with E-state index in [4.69, 9.17) is 5.73 Å².